The Hall–Kier alpha value is -2.34. The van der Waals surface area contributed by atoms with Crippen LogP contribution in [0.3, 0.4) is 0 Å². The summed E-state index contributed by atoms with van der Waals surface area (Å²) in [5.74, 6) is 0.730. The van der Waals surface area contributed by atoms with Gasteiger partial charge in [-0.3, -0.25) is 10.1 Å². The molecule has 1 heterocycles. The lowest BCUT2D eigenvalue weighted by molar-refractivity contribution is -0.384. The molecule has 0 saturated carbocycles. The fourth-order valence-electron chi connectivity index (χ4n) is 2.11. The van der Waals surface area contributed by atoms with Crippen molar-refractivity contribution in [1.29, 1.82) is 0 Å². The number of hydrogen-bond donors (Lipinski definition) is 1. The minimum Gasteiger partial charge on any atom is -0.459 e. The summed E-state index contributed by atoms with van der Waals surface area (Å²) in [6.07, 6.45) is 0. The topological polar surface area (TPSA) is 68.3 Å². The molecule has 1 aromatic heterocycles. The SMILES string of the molecule is O=[N+]([O-])c1cc(Br)ccc1NCc1cc2ccccc2o1. The number of hydrogen-bond acceptors (Lipinski definition) is 4. The second-order valence-corrected chi connectivity index (χ2v) is 5.44. The van der Waals surface area contributed by atoms with Gasteiger partial charge >= 0.3 is 0 Å². The van der Waals surface area contributed by atoms with E-state index in [0.717, 1.165) is 16.7 Å². The average molecular weight is 347 g/mol. The van der Waals surface area contributed by atoms with Gasteiger partial charge in [-0.05, 0) is 24.3 Å². The van der Waals surface area contributed by atoms with E-state index in [-0.39, 0.29) is 5.69 Å². The van der Waals surface area contributed by atoms with Crippen LogP contribution in [-0.2, 0) is 6.54 Å². The molecule has 0 bridgehead atoms. The van der Waals surface area contributed by atoms with Crippen LogP contribution in [0.25, 0.3) is 11.0 Å². The summed E-state index contributed by atoms with van der Waals surface area (Å²) in [6, 6.07) is 14.5. The molecule has 0 aliphatic heterocycles. The first-order valence-electron chi connectivity index (χ1n) is 6.29. The molecule has 2 aromatic carbocycles. The Morgan fingerprint density at radius 2 is 2.00 bits per heavy atom. The van der Waals surface area contributed by atoms with Crippen LogP contribution < -0.4 is 5.32 Å². The Labute approximate surface area is 128 Å². The molecule has 0 atom stereocenters. The van der Waals surface area contributed by atoms with Crippen molar-refractivity contribution < 1.29 is 9.34 Å². The number of halogens is 1. The molecule has 0 fully saturated rings. The Morgan fingerprint density at radius 1 is 1.19 bits per heavy atom. The Morgan fingerprint density at radius 3 is 2.76 bits per heavy atom. The van der Waals surface area contributed by atoms with Crippen LogP contribution >= 0.6 is 15.9 Å². The third kappa shape index (κ3) is 2.90. The molecule has 3 rings (SSSR count). The van der Waals surface area contributed by atoms with Gasteiger partial charge in [0, 0.05) is 15.9 Å². The molecule has 0 aliphatic rings. The number of nitrogens with one attached hydrogen (secondary N) is 1. The maximum atomic E-state index is 11.0. The zero-order valence-electron chi connectivity index (χ0n) is 10.9. The zero-order valence-corrected chi connectivity index (χ0v) is 12.5. The molecule has 0 aliphatic carbocycles. The molecule has 3 aromatic rings. The normalized spacial score (nSPS) is 10.7. The number of benzene rings is 2. The number of anilines is 1. The minimum absolute atomic E-state index is 0.0282. The predicted molar refractivity (Wildman–Crippen MR) is 84.3 cm³/mol. The fourth-order valence-corrected chi connectivity index (χ4v) is 2.46. The highest BCUT2D eigenvalue weighted by Crippen LogP contribution is 2.29. The van der Waals surface area contributed by atoms with Crippen LogP contribution in [0.15, 0.2) is 57.4 Å². The predicted octanol–water partition coefficient (Wildman–Crippen LogP) is 4.72. The van der Waals surface area contributed by atoms with Gasteiger partial charge in [0.05, 0.1) is 11.5 Å². The van der Waals surface area contributed by atoms with Gasteiger partial charge in [-0.1, -0.05) is 34.1 Å². The monoisotopic (exact) mass is 346 g/mol. The highest BCUT2D eigenvalue weighted by Gasteiger charge is 2.14. The lowest BCUT2D eigenvalue weighted by Crippen LogP contribution is -2.01. The summed E-state index contributed by atoms with van der Waals surface area (Å²) in [7, 11) is 0. The van der Waals surface area contributed by atoms with Crippen molar-refractivity contribution in [1.82, 2.24) is 0 Å². The van der Waals surface area contributed by atoms with E-state index in [9.17, 15) is 10.1 Å². The molecule has 106 valence electrons. The van der Waals surface area contributed by atoms with E-state index in [1.165, 1.54) is 6.07 Å². The Balaban J connectivity index is 1.83. The maximum absolute atomic E-state index is 11.0. The highest BCUT2D eigenvalue weighted by atomic mass is 79.9. The molecule has 6 heteroatoms. The van der Waals surface area contributed by atoms with Crippen LogP contribution in [0.1, 0.15) is 5.76 Å². The van der Waals surface area contributed by atoms with Gasteiger partial charge in [-0.25, -0.2) is 0 Å². The van der Waals surface area contributed by atoms with Gasteiger partial charge in [0.2, 0.25) is 0 Å². The zero-order chi connectivity index (χ0) is 14.8. The largest absolute Gasteiger partial charge is 0.459 e. The van der Waals surface area contributed by atoms with Gasteiger partial charge in [0.15, 0.2) is 0 Å². The third-order valence-electron chi connectivity index (χ3n) is 3.09. The molecule has 0 saturated heterocycles. The van der Waals surface area contributed by atoms with E-state index in [2.05, 4.69) is 21.2 Å². The van der Waals surface area contributed by atoms with Crippen molar-refractivity contribution >= 4 is 38.3 Å². The van der Waals surface area contributed by atoms with Crippen molar-refractivity contribution in [3.8, 4) is 0 Å². The standard InChI is InChI=1S/C15H11BrN2O3/c16-11-5-6-13(14(8-11)18(19)20)17-9-12-7-10-3-1-2-4-15(10)21-12/h1-8,17H,9H2. The van der Waals surface area contributed by atoms with E-state index in [4.69, 9.17) is 4.42 Å². The number of furan rings is 1. The summed E-state index contributed by atoms with van der Waals surface area (Å²) in [6.45, 7) is 0.386. The number of nitro benzene ring substituents is 1. The third-order valence-corrected chi connectivity index (χ3v) is 3.58. The molecule has 0 amide bonds. The lowest BCUT2D eigenvalue weighted by Gasteiger charge is -2.05. The average Bonchev–Trinajstić information content (AvgIpc) is 2.88. The second kappa shape index (κ2) is 5.57. The Kier molecular flexibility index (Phi) is 3.62. The van der Waals surface area contributed by atoms with Crippen LogP contribution in [0.5, 0.6) is 0 Å². The summed E-state index contributed by atoms with van der Waals surface area (Å²) in [5.41, 5.74) is 1.30. The van der Waals surface area contributed by atoms with E-state index >= 15 is 0 Å². The maximum Gasteiger partial charge on any atom is 0.293 e. The number of rotatable bonds is 4. The van der Waals surface area contributed by atoms with Gasteiger partial charge < -0.3 is 9.73 Å². The van der Waals surface area contributed by atoms with Crippen molar-refractivity contribution in [3.05, 3.63) is 68.9 Å². The summed E-state index contributed by atoms with van der Waals surface area (Å²) >= 11 is 3.23. The van der Waals surface area contributed by atoms with E-state index in [1.807, 2.05) is 30.3 Å². The second-order valence-electron chi connectivity index (χ2n) is 4.52. The van der Waals surface area contributed by atoms with Gasteiger partial charge in [-0.2, -0.15) is 0 Å². The lowest BCUT2D eigenvalue weighted by atomic mass is 10.2. The van der Waals surface area contributed by atoms with Crippen molar-refractivity contribution in [3.63, 3.8) is 0 Å². The van der Waals surface area contributed by atoms with Gasteiger partial charge in [0.25, 0.3) is 5.69 Å². The number of nitro groups is 1. The number of fused-ring (bicyclic) bond motifs is 1. The smallest absolute Gasteiger partial charge is 0.293 e. The molecule has 0 unspecified atom stereocenters. The fraction of sp³-hybridized carbons (Fsp3) is 0.0667. The summed E-state index contributed by atoms with van der Waals surface area (Å²) in [5, 5.41) is 15.1. The number of para-hydroxylation sites is 1. The molecular weight excluding hydrogens is 336 g/mol. The molecule has 21 heavy (non-hydrogen) atoms. The van der Waals surface area contributed by atoms with Crippen LogP contribution in [-0.4, -0.2) is 4.92 Å². The summed E-state index contributed by atoms with van der Waals surface area (Å²) < 4.78 is 6.34. The highest BCUT2D eigenvalue weighted by molar-refractivity contribution is 9.10. The quantitative estimate of drug-likeness (QED) is 0.548. The van der Waals surface area contributed by atoms with Crippen molar-refractivity contribution in [2.45, 2.75) is 6.54 Å². The van der Waals surface area contributed by atoms with E-state index in [1.54, 1.807) is 12.1 Å². The van der Waals surface area contributed by atoms with Crippen LogP contribution in [0, 0.1) is 10.1 Å². The Bertz CT molecular complexity index is 781. The summed E-state index contributed by atoms with van der Waals surface area (Å²) in [4.78, 5) is 10.6. The molecule has 5 nitrogen and oxygen atoms in total. The molecular formula is C15H11BrN2O3. The van der Waals surface area contributed by atoms with Crippen molar-refractivity contribution in [2.24, 2.45) is 0 Å². The number of nitrogens with zero attached hydrogens (tertiary/aromatic N) is 1. The first-order chi connectivity index (χ1) is 10.1. The van der Waals surface area contributed by atoms with Gasteiger partial charge in [-0.15, -0.1) is 0 Å². The minimum atomic E-state index is -0.411. The van der Waals surface area contributed by atoms with Crippen LogP contribution in [0.2, 0.25) is 0 Å². The van der Waals surface area contributed by atoms with Crippen molar-refractivity contribution in [2.75, 3.05) is 5.32 Å². The van der Waals surface area contributed by atoms with E-state index in [0.29, 0.717) is 16.7 Å². The first-order valence-corrected chi connectivity index (χ1v) is 7.08. The molecule has 1 N–H and O–H groups in total. The van der Waals surface area contributed by atoms with Crippen LogP contribution in [0.4, 0.5) is 11.4 Å². The van der Waals surface area contributed by atoms with E-state index < -0.39 is 4.92 Å². The molecule has 0 spiro atoms. The van der Waals surface area contributed by atoms with Gasteiger partial charge in [0.1, 0.15) is 17.0 Å². The molecule has 0 radical (unpaired) electrons. The first kappa shape index (κ1) is 13.6.